The van der Waals surface area contributed by atoms with E-state index >= 15 is 0 Å². The second-order valence-electron chi connectivity index (χ2n) is 10.1. The molecule has 4 amide bonds. The fourth-order valence-electron chi connectivity index (χ4n) is 4.44. The van der Waals surface area contributed by atoms with Gasteiger partial charge in [0.05, 0.1) is 12.6 Å². The standard InChI is InChI=1S/C29H38N4O6/c1-19(2)25(33-29(38)39-18-21-11-7-4-8-12-21)28(37)32-24(15-20-9-5-3-6-10-20)27(36)31-23(17-34)16-22-13-14-30-26(22)35/h3-12,19,22-25,34H,13-18H2,1-2H3,(H,30,35)(H,31,36)(H,32,37)(H,33,38)/t22-,23-,24-,25-/m0/s1. The molecule has 0 saturated carbocycles. The molecule has 0 aromatic heterocycles. The number of ether oxygens (including phenoxy) is 1. The molecular formula is C29H38N4O6. The summed E-state index contributed by atoms with van der Waals surface area (Å²) in [5.41, 5.74) is 1.64. The Labute approximate surface area is 228 Å². The van der Waals surface area contributed by atoms with Crippen LogP contribution < -0.4 is 21.3 Å². The maximum atomic E-state index is 13.3. The maximum Gasteiger partial charge on any atom is 0.408 e. The summed E-state index contributed by atoms with van der Waals surface area (Å²) in [6, 6.07) is 15.8. The third-order valence-corrected chi connectivity index (χ3v) is 6.65. The number of rotatable bonds is 13. The minimum absolute atomic E-state index is 0.0553. The first kappa shape index (κ1) is 29.6. The number of alkyl carbamates (subject to hydrolysis) is 1. The summed E-state index contributed by atoms with van der Waals surface area (Å²) in [4.78, 5) is 51.1. The van der Waals surface area contributed by atoms with Crippen LogP contribution >= 0.6 is 0 Å². The summed E-state index contributed by atoms with van der Waals surface area (Å²) in [6.45, 7) is 3.84. The van der Waals surface area contributed by atoms with Crippen LogP contribution in [-0.4, -0.2) is 60.2 Å². The lowest BCUT2D eigenvalue weighted by Crippen LogP contribution is -2.57. The van der Waals surface area contributed by atoms with Gasteiger partial charge < -0.3 is 31.1 Å². The number of aliphatic hydroxyl groups is 1. The van der Waals surface area contributed by atoms with Gasteiger partial charge in [-0.25, -0.2) is 4.79 Å². The van der Waals surface area contributed by atoms with E-state index in [1.807, 2.05) is 60.7 Å². The quantitative estimate of drug-likeness (QED) is 0.262. The van der Waals surface area contributed by atoms with Gasteiger partial charge in [0.1, 0.15) is 18.7 Å². The SMILES string of the molecule is CC(C)[C@H](NC(=O)OCc1ccccc1)C(=O)N[C@@H](Cc1ccccc1)C(=O)N[C@H](CO)C[C@@H]1CCNC1=O. The van der Waals surface area contributed by atoms with Crippen LogP contribution in [0, 0.1) is 11.8 Å². The molecule has 0 unspecified atom stereocenters. The maximum absolute atomic E-state index is 13.3. The number of hydrogen-bond acceptors (Lipinski definition) is 6. The summed E-state index contributed by atoms with van der Waals surface area (Å²) >= 11 is 0. The third kappa shape index (κ3) is 9.40. The van der Waals surface area contributed by atoms with E-state index in [1.54, 1.807) is 13.8 Å². The predicted molar refractivity (Wildman–Crippen MR) is 145 cm³/mol. The van der Waals surface area contributed by atoms with Gasteiger partial charge in [0.25, 0.3) is 0 Å². The molecular weight excluding hydrogens is 500 g/mol. The van der Waals surface area contributed by atoms with Gasteiger partial charge in [-0.3, -0.25) is 14.4 Å². The Bertz CT molecular complexity index is 1100. The molecule has 2 aromatic rings. The lowest BCUT2D eigenvalue weighted by Gasteiger charge is -2.27. The first-order valence-corrected chi connectivity index (χ1v) is 13.3. The van der Waals surface area contributed by atoms with Crippen LogP contribution in [-0.2, 0) is 32.1 Å². The number of nitrogens with one attached hydrogen (secondary N) is 4. The molecule has 4 atom stereocenters. The van der Waals surface area contributed by atoms with Crippen molar-refractivity contribution in [3.05, 3.63) is 71.8 Å². The van der Waals surface area contributed by atoms with E-state index in [-0.39, 0.29) is 37.4 Å². The van der Waals surface area contributed by atoms with Crippen LogP contribution in [0.2, 0.25) is 0 Å². The zero-order valence-corrected chi connectivity index (χ0v) is 22.4. The van der Waals surface area contributed by atoms with E-state index in [9.17, 15) is 24.3 Å². The van der Waals surface area contributed by atoms with Gasteiger partial charge in [-0.2, -0.15) is 0 Å². The molecule has 3 rings (SSSR count). The zero-order chi connectivity index (χ0) is 28.2. The largest absolute Gasteiger partial charge is 0.445 e. The van der Waals surface area contributed by atoms with Gasteiger partial charge in [-0.1, -0.05) is 74.5 Å². The van der Waals surface area contributed by atoms with E-state index in [0.717, 1.165) is 11.1 Å². The fourth-order valence-corrected chi connectivity index (χ4v) is 4.44. The number of carbonyl (C=O) groups is 4. The smallest absolute Gasteiger partial charge is 0.408 e. The van der Waals surface area contributed by atoms with E-state index in [2.05, 4.69) is 21.3 Å². The Kier molecular flexibility index (Phi) is 11.3. The van der Waals surface area contributed by atoms with Crippen molar-refractivity contribution in [2.75, 3.05) is 13.2 Å². The highest BCUT2D eigenvalue weighted by Gasteiger charge is 2.32. The van der Waals surface area contributed by atoms with E-state index < -0.39 is 36.0 Å². The molecule has 10 nitrogen and oxygen atoms in total. The van der Waals surface area contributed by atoms with Crippen molar-refractivity contribution in [1.82, 2.24) is 21.3 Å². The van der Waals surface area contributed by atoms with Crippen LogP contribution in [0.5, 0.6) is 0 Å². The molecule has 210 valence electrons. The second kappa shape index (κ2) is 14.9. The minimum atomic E-state index is -0.977. The van der Waals surface area contributed by atoms with Crippen molar-refractivity contribution in [2.24, 2.45) is 11.8 Å². The molecule has 1 saturated heterocycles. The highest BCUT2D eigenvalue weighted by molar-refractivity contribution is 5.91. The van der Waals surface area contributed by atoms with Crippen LogP contribution in [0.25, 0.3) is 0 Å². The summed E-state index contributed by atoms with van der Waals surface area (Å²) in [5, 5.41) is 20.8. The summed E-state index contributed by atoms with van der Waals surface area (Å²) in [5.74, 6) is -1.70. The second-order valence-corrected chi connectivity index (χ2v) is 10.1. The molecule has 1 aliphatic rings. The average molecular weight is 539 g/mol. The highest BCUT2D eigenvalue weighted by Crippen LogP contribution is 2.16. The molecule has 0 bridgehead atoms. The van der Waals surface area contributed by atoms with Gasteiger partial charge in [-0.05, 0) is 29.9 Å². The topological polar surface area (TPSA) is 146 Å². The molecule has 2 aromatic carbocycles. The van der Waals surface area contributed by atoms with Crippen molar-refractivity contribution in [1.29, 1.82) is 0 Å². The first-order valence-electron chi connectivity index (χ1n) is 13.3. The van der Waals surface area contributed by atoms with Gasteiger partial charge in [0, 0.05) is 18.9 Å². The molecule has 1 fully saturated rings. The molecule has 0 radical (unpaired) electrons. The number of aliphatic hydroxyl groups excluding tert-OH is 1. The van der Waals surface area contributed by atoms with Crippen LogP contribution in [0.1, 0.15) is 37.8 Å². The lowest BCUT2D eigenvalue weighted by atomic mass is 9.97. The normalized spacial score (nSPS) is 17.0. The Hall–Kier alpha value is -3.92. The van der Waals surface area contributed by atoms with E-state index in [0.29, 0.717) is 19.4 Å². The summed E-state index contributed by atoms with van der Waals surface area (Å²) in [7, 11) is 0. The molecule has 1 aliphatic heterocycles. The van der Waals surface area contributed by atoms with Gasteiger partial charge in [0.15, 0.2) is 0 Å². The van der Waals surface area contributed by atoms with Crippen LogP contribution in [0.15, 0.2) is 60.7 Å². The average Bonchev–Trinajstić information content (AvgIpc) is 3.34. The van der Waals surface area contributed by atoms with Gasteiger partial charge >= 0.3 is 6.09 Å². The van der Waals surface area contributed by atoms with Crippen molar-refractivity contribution in [3.8, 4) is 0 Å². The number of benzene rings is 2. The first-order chi connectivity index (χ1) is 18.8. The Morgan fingerprint density at radius 2 is 1.59 bits per heavy atom. The summed E-state index contributed by atoms with van der Waals surface area (Å²) < 4.78 is 5.28. The number of hydrogen-bond donors (Lipinski definition) is 5. The Balaban J connectivity index is 1.66. The molecule has 0 aliphatic carbocycles. The number of amides is 4. The Morgan fingerprint density at radius 1 is 0.949 bits per heavy atom. The number of carbonyl (C=O) groups excluding carboxylic acids is 4. The van der Waals surface area contributed by atoms with Gasteiger partial charge in [0.2, 0.25) is 17.7 Å². The molecule has 5 N–H and O–H groups in total. The van der Waals surface area contributed by atoms with Crippen LogP contribution in [0.4, 0.5) is 4.79 Å². The predicted octanol–water partition coefficient (Wildman–Crippen LogP) is 1.67. The lowest BCUT2D eigenvalue weighted by molar-refractivity contribution is -0.131. The molecule has 1 heterocycles. The van der Waals surface area contributed by atoms with Crippen molar-refractivity contribution >= 4 is 23.8 Å². The fraction of sp³-hybridized carbons (Fsp3) is 0.448. The Morgan fingerprint density at radius 3 is 2.15 bits per heavy atom. The molecule has 39 heavy (non-hydrogen) atoms. The van der Waals surface area contributed by atoms with Crippen molar-refractivity contribution < 1.29 is 29.0 Å². The van der Waals surface area contributed by atoms with Crippen molar-refractivity contribution in [3.63, 3.8) is 0 Å². The van der Waals surface area contributed by atoms with E-state index in [1.165, 1.54) is 0 Å². The van der Waals surface area contributed by atoms with Crippen LogP contribution in [0.3, 0.4) is 0 Å². The van der Waals surface area contributed by atoms with Gasteiger partial charge in [-0.15, -0.1) is 0 Å². The minimum Gasteiger partial charge on any atom is -0.445 e. The van der Waals surface area contributed by atoms with Crippen molar-refractivity contribution in [2.45, 2.75) is 57.8 Å². The molecule has 10 heteroatoms. The zero-order valence-electron chi connectivity index (χ0n) is 22.4. The molecule has 0 spiro atoms. The third-order valence-electron chi connectivity index (χ3n) is 6.65. The summed E-state index contributed by atoms with van der Waals surface area (Å²) in [6.07, 6.45) is 0.386. The van der Waals surface area contributed by atoms with E-state index in [4.69, 9.17) is 4.74 Å². The highest BCUT2D eigenvalue weighted by atomic mass is 16.5. The monoisotopic (exact) mass is 538 g/mol.